The molecule has 26 heavy (non-hydrogen) atoms. The van der Waals surface area contributed by atoms with E-state index in [1.807, 2.05) is 12.1 Å². The Bertz CT molecular complexity index is 959. The summed E-state index contributed by atoms with van der Waals surface area (Å²) in [6.45, 7) is 1.47. The van der Waals surface area contributed by atoms with Crippen LogP contribution in [0.2, 0.25) is 0 Å². The molecule has 1 aromatic carbocycles. The molecule has 0 fully saturated rings. The molecule has 0 saturated heterocycles. The van der Waals surface area contributed by atoms with Crippen molar-refractivity contribution in [2.45, 2.75) is 6.92 Å². The molecule has 0 spiro atoms. The molecule has 1 aliphatic heterocycles. The lowest BCUT2D eigenvalue weighted by Gasteiger charge is -2.18. The van der Waals surface area contributed by atoms with Crippen LogP contribution in [0.1, 0.15) is 21.2 Å². The molecule has 1 aromatic heterocycles. The number of fused-ring (bicyclic) bond motifs is 1. The molecule has 8 heteroatoms. The van der Waals surface area contributed by atoms with E-state index in [4.69, 9.17) is 9.15 Å². The van der Waals surface area contributed by atoms with Gasteiger partial charge in [0.25, 0.3) is 5.78 Å². The van der Waals surface area contributed by atoms with Gasteiger partial charge in [-0.15, -0.1) is 0 Å². The highest BCUT2D eigenvalue weighted by Crippen LogP contribution is 2.28. The molecule has 0 atom stereocenters. The van der Waals surface area contributed by atoms with Crippen LogP contribution in [0.3, 0.4) is 0 Å². The van der Waals surface area contributed by atoms with Crippen molar-refractivity contribution >= 4 is 19.0 Å². The van der Waals surface area contributed by atoms with E-state index < -0.39 is 12.7 Å². The van der Waals surface area contributed by atoms with Crippen LogP contribution in [0, 0.1) is 6.92 Å². The van der Waals surface area contributed by atoms with E-state index in [9.17, 15) is 13.4 Å². The van der Waals surface area contributed by atoms with Gasteiger partial charge >= 0.3 is 12.7 Å². The number of ether oxygens (including phenoxy) is 1. The van der Waals surface area contributed by atoms with Crippen molar-refractivity contribution in [3.63, 3.8) is 0 Å². The van der Waals surface area contributed by atoms with E-state index in [2.05, 4.69) is 9.00 Å². The maximum atomic E-state index is 13.6. The first-order valence-electron chi connectivity index (χ1n) is 7.77. The molecule has 0 radical (unpaired) electrons. The summed E-state index contributed by atoms with van der Waals surface area (Å²) in [6, 6.07) is 8.51. The smallest absolute Gasteiger partial charge is 0.568 e. The third-order valence-electron chi connectivity index (χ3n) is 3.58. The van der Waals surface area contributed by atoms with E-state index in [0.29, 0.717) is 0 Å². The van der Waals surface area contributed by atoms with Crippen molar-refractivity contribution in [2.75, 3.05) is 7.11 Å². The van der Waals surface area contributed by atoms with Crippen molar-refractivity contribution in [3.8, 4) is 11.5 Å². The summed E-state index contributed by atoms with van der Waals surface area (Å²) in [7, 11) is -2.98. The maximum Gasteiger partial charge on any atom is 0.995 e. The summed E-state index contributed by atoms with van der Waals surface area (Å²) in [5.41, 5.74) is -0.0824. The topological polar surface area (TPSA) is 60.0 Å². The molecule has 2 aromatic rings. The van der Waals surface area contributed by atoms with Crippen molar-refractivity contribution in [1.29, 1.82) is 0 Å². The zero-order valence-electron chi connectivity index (χ0n) is 14.1. The molecule has 0 unspecified atom stereocenters. The molecule has 0 N–H and O–H groups in total. The number of rotatable bonds is 4. The van der Waals surface area contributed by atoms with Gasteiger partial charge in [0.1, 0.15) is 17.3 Å². The lowest BCUT2D eigenvalue weighted by Crippen LogP contribution is -2.38. The number of ketones is 1. The molecule has 0 bridgehead atoms. The molecule has 0 saturated carbocycles. The third kappa shape index (κ3) is 3.91. The van der Waals surface area contributed by atoms with Gasteiger partial charge in [-0.05, 0) is 24.6 Å². The number of benzene rings is 1. The van der Waals surface area contributed by atoms with E-state index in [1.54, 1.807) is 31.4 Å². The third-order valence-corrected chi connectivity index (χ3v) is 3.58. The van der Waals surface area contributed by atoms with Gasteiger partial charge in [0.15, 0.2) is 5.56 Å². The molecule has 0 aliphatic carbocycles. The molecule has 1 aliphatic rings. The number of allylic oxidation sites excluding steroid dienone is 3. The van der Waals surface area contributed by atoms with Gasteiger partial charge in [0.05, 0.1) is 7.11 Å². The fraction of sp³-hybridized carbons (Fsp3) is 0.111. The van der Waals surface area contributed by atoms with Crippen LogP contribution < -0.4 is 15.0 Å². The van der Waals surface area contributed by atoms with Crippen LogP contribution in [0.25, 0.3) is 6.08 Å². The van der Waals surface area contributed by atoms with Gasteiger partial charge in [-0.25, -0.2) is 4.79 Å². The number of carbonyl (C=O) groups excluding carboxylic acids is 1. The first-order chi connectivity index (χ1) is 12.4. The fourth-order valence-electron chi connectivity index (χ4n) is 2.42. The minimum absolute atomic E-state index is 0.169. The highest BCUT2D eigenvalue weighted by atomic mass is 19.3. The van der Waals surface area contributed by atoms with Crippen molar-refractivity contribution < 1.29 is 26.8 Å². The average Bonchev–Trinajstić information content (AvgIpc) is 2.57. The second-order valence-electron chi connectivity index (χ2n) is 5.51. The number of halogens is 2. The Labute approximate surface area is 147 Å². The second-order valence-corrected chi connectivity index (χ2v) is 5.51. The van der Waals surface area contributed by atoms with Crippen LogP contribution >= 0.6 is 0 Å². The van der Waals surface area contributed by atoms with Gasteiger partial charge in [-0.3, -0.25) is 0 Å². The summed E-state index contributed by atoms with van der Waals surface area (Å²) in [5.74, 6) is 0.343. The lowest BCUT2D eigenvalue weighted by molar-refractivity contribution is -0.180. The zero-order chi connectivity index (χ0) is 18.7. The molecule has 5 nitrogen and oxygen atoms in total. The Hall–Kier alpha value is -3.16. The maximum absolute atomic E-state index is 13.6. The quantitative estimate of drug-likeness (QED) is 0.361. The molecular formula is C18H15BF2O5. The average molecular weight is 360 g/mol. The van der Waals surface area contributed by atoms with E-state index >= 15 is 0 Å². The van der Waals surface area contributed by atoms with Crippen LogP contribution in [0.5, 0.6) is 11.5 Å². The number of hydrogen-bond donors (Lipinski definition) is 0. The van der Waals surface area contributed by atoms with Gasteiger partial charge < -0.3 is 26.8 Å². The minimum atomic E-state index is -4.55. The van der Waals surface area contributed by atoms with Crippen molar-refractivity contribution in [3.05, 3.63) is 75.9 Å². The van der Waals surface area contributed by atoms with Gasteiger partial charge in [-0.2, -0.15) is 0 Å². The summed E-state index contributed by atoms with van der Waals surface area (Å²) < 4.78 is 46.3. The standard InChI is InChI=1S/C18H15BF2O5/c1-12-11-16-17(18(22)24-12)15(25-19(20,21)26-16)6-4-3-5-13-7-9-14(23-2)10-8-13/h3-11H,1-2H3/b5-3+,6-4+. The summed E-state index contributed by atoms with van der Waals surface area (Å²) in [6.07, 6.45) is 6.15. The normalized spacial score (nSPS) is 15.6. The van der Waals surface area contributed by atoms with Gasteiger partial charge in [0.2, 0.25) is 0 Å². The number of aryl methyl sites for hydroxylation is 1. The summed E-state index contributed by atoms with van der Waals surface area (Å²) in [4.78, 5) is 12.0. The van der Waals surface area contributed by atoms with E-state index in [-0.39, 0.29) is 22.9 Å². The molecular weight excluding hydrogens is 345 g/mol. The van der Waals surface area contributed by atoms with Gasteiger partial charge in [0, 0.05) is 12.1 Å². The fourth-order valence-corrected chi connectivity index (χ4v) is 2.42. The highest BCUT2D eigenvalue weighted by Gasteiger charge is 2.54. The zero-order valence-corrected chi connectivity index (χ0v) is 14.1. The first-order valence-corrected chi connectivity index (χ1v) is 7.77. The lowest BCUT2D eigenvalue weighted by atomic mass is 10.1. The Kier molecular flexibility index (Phi) is 4.75. The van der Waals surface area contributed by atoms with E-state index in [1.165, 1.54) is 25.1 Å². The Morgan fingerprint density at radius 2 is 1.85 bits per heavy atom. The number of methoxy groups -OCH3 is 1. The summed E-state index contributed by atoms with van der Waals surface area (Å²) >= 11 is 0. The Balaban J connectivity index is 1.86. The summed E-state index contributed by atoms with van der Waals surface area (Å²) in [5, 5.41) is 0. The predicted octanol–water partition coefficient (Wildman–Crippen LogP) is 3.71. The van der Waals surface area contributed by atoms with Crippen molar-refractivity contribution in [2.24, 2.45) is 0 Å². The molecule has 134 valence electrons. The monoisotopic (exact) mass is 360 g/mol. The van der Waals surface area contributed by atoms with Crippen LogP contribution in [0.15, 0.2) is 57.8 Å². The first kappa shape index (κ1) is 17.7. The Morgan fingerprint density at radius 3 is 2.54 bits per heavy atom. The van der Waals surface area contributed by atoms with Gasteiger partial charge in [-0.1, -0.05) is 30.4 Å². The SMILES string of the molecule is COc1ccc(/C=C/C=C/C2=[O+][B-](F)(F)Oc3cc(C)oc(=O)c32)cc1. The minimum Gasteiger partial charge on any atom is -0.568 e. The molecule has 2 heterocycles. The molecule has 3 rings (SSSR count). The predicted molar refractivity (Wildman–Crippen MR) is 93.8 cm³/mol. The second kappa shape index (κ2) is 6.99. The van der Waals surface area contributed by atoms with Crippen LogP contribution in [-0.2, 0) is 0 Å². The largest absolute Gasteiger partial charge is 0.995 e. The highest BCUT2D eigenvalue weighted by molar-refractivity contribution is 6.52. The van der Waals surface area contributed by atoms with E-state index in [0.717, 1.165) is 11.3 Å². The van der Waals surface area contributed by atoms with Crippen LogP contribution in [0.4, 0.5) is 8.63 Å². The molecule has 0 amide bonds. The Morgan fingerprint density at radius 1 is 1.15 bits per heavy atom. The number of hydrogen-bond acceptors (Lipinski definition) is 4. The van der Waals surface area contributed by atoms with Crippen LogP contribution in [-0.4, -0.2) is 20.0 Å². The van der Waals surface area contributed by atoms with Crippen molar-refractivity contribution in [1.82, 2.24) is 0 Å².